The van der Waals surface area contributed by atoms with Gasteiger partial charge in [0, 0.05) is 37.2 Å². The predicted molar refractivity (Wildman–Crippen MR) is 120 cm³/mol. The van der Waals surface area contributed by atoms with E-state index in [9.17, 15) is 22.8 Å². The van der Waals surface area contributed by atoms with Crippen molar-refractivity contribution < 1.29 is 27.5 Å². The number of amides is 1. The molecule has 0 saturated carbocycles. The lowest BCUT2D eigenvalue weighted by Crippen LogP contribution is -2.39. The van der Waals surface area contributed by atoms with Crippen LogP contribution in [0.2, 0.25) is 5.02 Å². The van der Waals surface area contributed by atoms with Crippen LogP contribution in [-0.4, -0.2) is 39.4 Å². The standard InChI is InChI=1S/C24H21ClF3N3O3/c1-15(32)34-19-5-2-16(3-6-19)22-13-29-14-31(22)18-8-10-30(11-9-18)23(33)17-4-7-21(25)20(12-17)24(26,27)28/h2-7,12-14,18H,8-11H2,1H3. The summed E-state index contributed by atoms with van der Waals surface area (Å²) in [5, 5.41) is -0.434. The third kappa shape index (κ3) is 5.09. The molecule has 3 aromatic rings. The summed E-state index contributed by atoms with van der Waals surface area (Å²) in [6, 6.07) is 10.4. The number of benzene rings is 2. The van der Waals surface area contributed by atoms with Crippen LogP contribution in [0.15, 0.2) is 55.0 Å². The lowest BCUT2D eigenvalue weighted by molar-refractivity contribution is -0.137. The molecule has 34 heavy (non-hydrogen) atoms. The Morgan fingerprint density at radius 1 is 1.09 bits per heavy atom. The molecule has 0 bridgehead atoms. The van der Waals surface area contributed by atoms with Gasteiger partial charge in [-0.1, -0.05) is 11.6 Å². The van der Waals surface area contributed by atoms with Gasteiger partial charge in [-0.15, -0.1) is 0 Å². The van der Waals surface area contributed by atoms with Crippen molar-refractivity contribution in [1.29, 1.82) is 0 Å². The number of imidazole rings is 1. The highest BCUT2D eigenvalue weighted by Crippen LogP contribution is 2.36. The second-order valence-electron chi connectivity index (χ2n) is 8.02. The molecule has 6 nitrogen and oxygen atoms in total. The van der Waals surface area contributed by atoms with Gasteiger partial charge in [0.15, 0.2) is 0 Å². The summed E-state index contributed by atoms with van der Waals surface area (Å²) in [6.07, 6.45) is 0.0896. The Labute approximate surface area is 198 Å². The van der Waals surface area contributed by atoms with Crippen molar-refractivity contribution in [3.8, 4) is 17.0 Å². The van der Waals surface area contributed by atoms with Crippen LogP contribution in [-0.2, 0) is 11.0 Å². The number of piperidine rings is 1. The topological polar surface area (TPSA) is 64.4 Å². The third-order valence-corrected chi connectivity index (χ3v) is 6.07. The number of hydrogen-bond acceptors (Lipinski definition) is 4. The van der Waals surface area contributed by atoms with E-state index in [1.165, 1.54) is 13.0 Å². The Balaban J connectivity index is 1.45. The number of aromatic nitrogens is 2. The molecule has 0 aliphatic carbocycles. The lowest BCUT2D eigenvalue weighted by Gasteiger charge is -2.33. The molecule has 0 atom stereocenters. The molecule has 2 aromatic carbocycles. The summed E-state index contributed by atoms with van der Waals surface area (Å²) in [5.41, 5.74) is 0.725. The Bertz CT molecular complexity index is 1200. The smallest absolute Gasteiger partial charge is 0.417 e. The van der Waals surface area contributed by atoms with E-state index in [4.69, 9.17) is 16.3 Å². The molecule has 1 saturated heterocycles. The van der Waals surface area contributed by atoms with E-state index in [-0.39, 0.29) is 11.6 Å². The number of hydrogen-bond donors (Lipinski definition) is 0. The molecule has 10 heteroatoms. The Morgan fingerprint density at radius 2 is 1.76 bits per heavy atom. The molecule has 4 rings (SSSR count). The van der Waals surface area contributed by atoms with E-state index in [0.717, 1.165) is 23.4 Å². The Kier molecular flexibility index (Phi) is 6.65. The minimum atomic E-state index is -4.63. The zero-order valence-electron chi connectivity index (χ0n) is 18.2. The number of carbonyl (C=O) groups is 2. The Hall–Kier alpha value is -3.33. The predicted octanol–water partition coefficient (Wildman–Crippen LogP) is 5.62. The fourth-order valence-corrected chi connectivity index (χ4v) is 4.31. The lowest BCUT2D eigenvalue weighted by atomic mass is 10.0. The van der Waals surface area contributed by atoms with Crippen molar-refractivity contribution in [3.05, 3.63) is 71.1 Å². The summed E-state index contributed by atoms with van der Waals surface area (Å²) < 4.78 is 46.6. The van der Waals surface area contributed by atoms with Crippen molar-refractivity contribution in [2.75, 3.05) is 13.1 Å². The van der Waals surface area contributed by atoms with Crippen LogP contribution in [0.25, 0.3) is 11.3 Å². The highest BCUT2D eigenvalue weighted by Gasteiger charge is 2.34. The number of likely N-dealkylation sites (tertiary alicyclic amines) is 1. The van der Waals surface area contributed by atoms with Gasteiger partial charge in [-0.25, -0.2) is 4.98 Å². The van der Waals surface area contributed by atoms with Crippen molar-refractivity contribution in [1.82, 2.24) is 14.5 Å². The van der Waals surface area contributed by atoms with Crippen molar-refractivity contribution in [2.45, 2.75) is 32.0 Å². The summed E-state index contributed by atoms with van der Waals surface area (Å²) in [4.78, 5) is 29.8. The minimum absolute atomic E-state index is 0.0358. The molecule has 0 radical (unpaired) electrons. The zero-order valence-corrected chi connectivity index (χ0v) is 18.9. The second-order valence-corrected chi connectivity index (χ2v) is 8.43. The molecule has 0 N–H and O–H groups in total. The van der Waals surface area contributed by atoms with Crippen molar-refractivity contribution >= 4 is 23.5 Å². The molecule has 0 unspecified atom stereocenters. The highest BCUT2D eigenvalue weighted by molar-refractivity contribution is 6.31. The van der Waals surface area contributed by atoms with E-state index in [0.29, 0.717) is 31.7 Å². The maximum absolute atomic E-state index is 13.2. The molecular weight excluding hydrogens is 471 g/mol. The van der Waals surface area contributed by atoms with Gasteiger partial charge in [0.25, 0.3) is 5.91 Å². The number of halogens is 4. The van der Waals surface area contributed by atoms with Crippen molar-refractivity contribution in [3.63, 3.8) is 0 Å². The molecule has 178 valence electrons. The van der Waals surface area contributed by atoms with E-state index in [1.807, 2.05) is 16.7 Å². The monoisotopic (exact) mass is 491 g/mol. The molecule has 1 amide bonds. The van der Waals surface area contributed by atoms with E-state index in [1.54, 1.807) is 29.6 Å². The maximum Gasteiger partial charge on any atom is 0.417 e. The number of carbonyl (C=O) groups excluding carboxylic acids is 2. The molecule has 2 heterocycles. The minimum Gasteiger partial charge on any atom is -0.427 e. The first kappa shape index (κ1) is 23.8. The molecule has 0 spiro atoms. The van der Waals surface area contributed by atoms with Gasteiger partial charge in [0.1, 0.15) is 5.75 Å². The number of esters is 1. The molecular formula is C24H21ClF3N3O3. The van der Waals surface area contributed by atoms with Crippen LogP contribution in [0.5, 0.6) is 5.75 Å². The largest absolute Gasteiger partial charge is 0.427 e. The molecule has 1 aliphatic rings. The van der Waals surface area contributed by atoms with Crippen molar-refractivity contribution in [2.24, 2.45) is 0 Å². The van der Waals surface area contributed by atoms with Gasteiger partial charge in [-0.05, 0) is 55.3 Å². The van der Waals surface area contributed by atoms with Crippen LogP contribution >= 0.6 is 11.6 Å². The summed E-state index contributed by atoms with van der Waals surface area (Å²) in [7, 11) is 0. The van der Waals surface area contributed by atoms with Gasteiger partial charge in [-0.3, -0.25) is 9.59 Å². The zero-order chi connectivity index (χ0) is 24.5. The van der Waals surface area contributed by atoms with Gasteiger partial charge in [-0.2, -0.15) is 13.2 Å². The molecule has 1 aromatic heterocycles. The van der Waals surface area contributed by atoms with Gasteiger partial charge >= 0.3 is 12.1 Å². The summed E-state index contributed by atoms with van der Waals surface area (Å²) in [6.45, 7) is 2.13. The number of ether oxygens (including phenoxy) is 1. The summed E-state index contributed by atoms with van der Waals surface area (Å²) in [5.74, 6) is -0.398. The maximum atomic E-state index is 13.2. The van der Waals surface area contributed by atoms with Crippen LogP contribution in [0, 0.1) is 0 Å². The molecule has 1 aliphatic heterocycles. The van der Waals surface area contributed by atoms with Crippen LogP contribution in [0.1, 0.15) is 41.7 Å². The third-order valence-electron chi connectivity index (χ3n) is 5.74. The Morgan fingerprint density at radius 3 is 2.38 bits per heavy atom. The first-order valence-electron chi connectivity index (χ1n) is 10.6. The van der Waals surface area contributed by atoms with Gasteiger partial charge in [0.2, 0.25) is 0 Å². The van der Waals surface area contributed by atoms with Gasteiger partial charge < -0.3 is 14.2 Å². The van der Waals surface area contributed by atoms with E-state index in [2.05, 4.69) is 4.98 Å². The fraction of sp³-hybridized carbons (Fsp3) is 0.292. The fourth-order valence-electron chi connectivity index (χ4n) is 4.08. The average Bonchev–Trinajstić information content (AvgIpc) is 3.28. The second kappa shape index (κ2) is 9.50. The number of alkyl halides is 3. The van der Waals surface area contributed by atoms with E-state index >= 15 is 0 Å². The quantitative estimate of drug-likeness (QED) is 0.351. The van der Waals surface area contributed by atoms with E-state index < -0.39 is 28.6 Å². The van der Waals surface area contributed by atoms with Gasteiger partial charge in [0.05, 0.1) is 28.8 Å². The number of rotatable bonds is 4. The average molecular weight is 492 g/mol. The van der Waals surface area contributed by atoms with Crippen LogP contribution in [0.4, 0.5) is 13.2 Å². The first-order valence-corrected chi connectivity index (χ1v) is 11.0. The normalized spacial score (nSPS) is 14.8. The summed E-state index contributed by atoms with van der Waals surface area (Å²) >= 11 is 5.67. The number of nitrogens with zero attached hydrogens (tertiary/aromatic N) is 3. The SMILES string of the molecule is CC(=O)Oc1ccc(-c2cncn2C2CCN(C(=O)c3ccc(Cl)c(C(F)(F)F)c3)CC2)cc1. The first-order chi connectivity index (χ1) is 16.1. The molecule has 1 fully saturated rings. The highest BCUT2D eigenvalue weighted by atomic mass is 35.5. The van der Waals surface area contributed by atoms with Crippen LogP contribution < -0.4 is 4.74 Å². The van der Waals surface area contributed by atoms with Crippen LogP contribution in [0.3, 0.4) is 0 Å².